The number of rotatable bonds is 1. The van der Waals surface area contributed by atoms with Crippen molar-refractivity contribution in [2.75, 3.05) is 0 Å². The van der Waals surface area contributed by atoms with Gasteiger partial charge >= 0.3 is 0 Å². The summed E-state index contributed by atoms with van der Waals surface area (Å²) in [7, 11) is 0. The van der Waals surface area contributed by atoms with Crippen LogP contribution in [0.3, 0.4) is 0 Å². The molecule has 1 rings (SSSR count). The first kappa shape index (κ1) is 12.9. The molecule has 0 aliphatic heterocycles. The summed E-state index contributed by atoms with van der Waals surface area (Å²) in [6.07, 6.45) is -0.872. The monoisotopic (exact) mass is 294 g/mol. The van der Waals surface area contributed by atoms with E-state index in [0.29, 0.717) is 4.47 Å². The normalized spacial score (nSPS) is 14.1. The van der Waals surface area contributed by atoms with Crippen molar-refractivity contribution >= 4 is 27.5 Å². The zero-order valence-electron chi connectivity index (χ0n) is 8.81. The zero-order chi connectivity index (χ0) is 11.8. The molecule has 0 fully saturated rings. The highest BCUT2D eigenvalue weighted by molar-refractivity contribution is 9.10. The van der Waals surface area contributed by atoms with E-state index < -0.39 is 17.3 Å². The van der Waals surface area contributed by atoms with Gasteiger partial charge in [-0.05, 0) is 27.4 Å². The third kappa shape index (κ3) is 2.71. The number of hydrogen-bond donors (Lipinski definition) is 1. The highest BCUT2D eigenvalue weighted by Crippen LogP contribution is 2.37. The fourth-order valence-electron chi connectivity index (χ4n) is 1.22. The fraction of sp³-hybridized carbons (Fsp3) is 0.455. The van der Waals surface area contributed by atoms with Crippen LogP contribution in [-0.2, 0) is 0 Å². The highest BCUT2D eigenvalue weighted by atomic mass is 79.9. The van der Waals surface area contributed by atoms with Crippen LogP contribution in [0.5, 0.6) is 0 Å². The van der Waals surface area contributed by atoms with E-state index in [2.05, 4.69) is 15.9 Å². The van der Waals surface area contributed by atoms with Gasteiger partial charge in [0.15, 0.2) is 0 Å². The lowest BCUT2D eigenvalue weighted by Gasteiger charge is -2.26. The Morgan fingerprint density at radius 1 is 1.40 bits per heavy atom. The number of aliphatic hydroxyl groups is 1. The summed E-state index contributed by atoms with van der Waals surface area (Å²) >= 11 is 8.87. The number of halogens is 3. The van der Waals surface area contributed by atoms with Crippen molar-refractivity contribution in [3.05, 3.63) is 33.0 Å². The molecule has 0 amide bonds. The molecule has 1 aromatic carbocycles. The van der Waals surface area contributed by atoms with Gasteiger partial charge in [0, 0.05) is 10.0 Å². The molecule has 0 spiro atoms. The summed E-state index contributed by atoms with van der Waals surface area (Å²) in [6, 6.07) is 3.18. The van der Waals surface area contributed by atoms with Gasteiger partial charge in [-0.2, -0.15) is 0 Å². The number of aliphatic hydroxyl groups excluding tert-OH is 1. The maximum absolute atomic E-state index is 13.7. The van der Waals surface area contributed by atoms with E-state index in [-0.39, 0.29) is 10.6 Å². The van der Waals surface area contributed by atoms with Crippen molar-refractivity contribution < 1.29 is 9.50 Å². The van der Waals surface area contributed by atoms with Crippen LogP contribution in [0.15, 0.2) is 16.6 Å². The van der Waals surface area contributed by atoms with Crippen LogP contribution < -0.4 is 0 Å². The third-order valence-corrected chi connectivity index (χ3v) is 3.44. The Morgan fingerprint density at radius 2 is 1.93 bits per heavy atom. The van der Waals surface area contributed by atoms with Gasteiger partial charge in [0.05, 0.1) is 11.1 Å². The molecule has 0 aromatic heterocycles. The summed E-state index contributed by atoms with van der Waals surface area (Å²) in [5.41, 5.74) is -0.187. The molecule has 1 aromatic rings. The lowest BCUT2D eigenvalue weighted by atomic mass is 9.84. The van der Waals surface area contributed by atoms with Crippen molar-refractivity contribution in [2.45, 2.75) is 26.9 Å². The van der Waals surface area contributed by atoms with E-state index in [1.54, 1.807) is 12.1 Å². The standard InChI is InChI=1S/C11H13BrClFO/c1-11(2,3)10(15)6-4-5-7(12)8(13)9(6)14/h4-5,10,15H,1-3H3. The van der Waals surface area contributed by atoms with Gasteiger partial charge in [-0.1, -0.05) is 38.4 Å². The minimum atomic E-state index is -0.872. The molecule has 0 radical (unpaired) electrons. The number of hydrogen-bond acceptors (Lipinski definition) is 1. The lowest BCUT2D eigenvalue weighted by Crippen LogP contribution is -2.19. The minimum absolute atomic E-state index is 0.0100. The SMILES string of the molecule is CC(C)(C)C(O)c1ccc(Br)c(Cl)c1F. The summed E-state index contributed by atoms with van der Waals surface area (Å²) in [5.74, 6) is -0.562. The second-order valence-corrected chi connectivity index (χ2v) is 5.77. The van der Waals surface area contributed by atoms with Crippen molar-refractivity contribution in [3.63, 3.8) is 0 Å². The van der Waals surface area contributed by atoms with Crippen LogP contribution in [-0.4, -0.2) is 5.11 Å². The van der Waals surface area contributed by atoms with E-state index in [1.165, 1.54) is 0 Å². The Kier molecular flexibility index (Phi) is 3.80. The molecule has 0 aliphatic rings. The quantitative estimate of drug-likeness (QED) is 0.765. The van der Waals surface area contributed by atoms with Crippen LogP contribution in [0.2, 0.25) is 5.02 Å². The van der Waals surface area contributed by atoms with E-state index in [0.717, 1.165) is 0 Å². The van der Waals surface area contributed by atoms with Gasteiger partial charge < -0.3 is 5.11 Å². The highest BCUT2D eigenvalue weighted by Gasteiger charge is 2.27. The first-order chi connectivity index (χ1) is 6.75. The molecule has 0 aliphatic carbocycles. The van der Waals surface area contributed by atoms with Crippen LogP contribution in [0.1, 0.15) is 32.4 Å². The van der Waals surface area contributed by atoms with Crippen LogP contribution in [0, 0.1) is 11.2 Å². The number of benzene rings is 1. The van der Waals surface area contributed by atoms with Crippen LogP contribution in [0.25, 0.3) is 0 Å². The summed E-state index contributed by atoms with van der Waals surface area (Å²) in [5, 5.41) is 9.95. The van der Waals surface area contributed by atoms with Crippen LogP contribution >= 0.6 is 27.5 Å². The predicted molar refractivity (Wildman–Crippen MR) is 63.5 cm³/mol. The minimum Gasteiger partial charge on any atom is -0.388 e. The van der Waals surface area contributed by atoms with Crippen molar-refractivity contribution in [1.29, 1.82) is 0 Å². The topological polar surface area (TPSA) is 20.2 Å². The molecule has 4 heteroatoms. The maximum Gasteiger partial charge on any atom is 0.148 e. The third-order valence-electron chi connectivity index (χ3n) is 2.18. The molecule has 1 N–H and O–H groups in total. The van der Waals surface area contributed by atoms with Gasteiger partial charge in [0.1, 0.15) is 5.82 Å². The first-order valence-corrected chi connectivity index (χ1v) is 5.73. The molecule has 84 valence electrons. The van der Waals surface area contributed by atoms with Gasteiger partial charge in [-0.25, -0.2) is 4.39 Å². The van der Waals surface area contributed by atoms with Crippen molar-refractivity contribution in [1.82, 2.24) is 0 Å². The molecule has 15 heavy (non-hydrogen) atoms. The molecule has 0 heterocycles. The van der Waals surface area contributed by atoms with Gasteiger partial charge in [-0.15, -0.1) is 0 Å². The summed E-state index contributed by atoms with van der Waals surface area (Å²) in [4.78, 5) is 0. The largest absolute Gasteiger partial charge is 0.388 e. The van der Waals surface area contributed by atoms with Crippen molar-refractivity contribution in [2.24, 2.45) is 5.41 Å². The average Bonchev–Trinajstić information content (AvgIpc) is 2.12. The fourth-order valence-corrected chi connectivity index (χ4v) is 1.70. The Balaban J connectivity index is 3.23. The maximum atomic E-state index is 13.7. The lowest BCUT2D eigenvalue weighted by molar-refractivity contribution is 0.0595. The van der Waals surface area contributed by atoms with E-state index >= 15 is 0 Å². The van der Waals surface area contributed by atoms with E-state index in [4.69, 9.17) is 11.6 Å². The van der Waals surface area contributed by atoms with Gasteiger partial charge in [0.2, 0.25) is 0 Å². The summed E-state index contributed by atoms with van der Waals surface area (Å²) < 4.78 is 14.2. The Labute approximate surface area is 102 Å². The molecule has 0 saturated carbocycles. The molecule has 0 saturated heterocycles. The van der Waals surface area contributed by atoms with Gasteiger partial charge in [0.25, 0.3) is 0 Å². The second kappa shape index (κ2) is 4.40. The molecule has 1 unspecified atom stereocenters. The van der Waals surface area contributed by atoms with Gasteiger partial charge in [-0.3, -0.25) is 0 Å². The predicted octanol–water partition coefficient (Wildman–Crippen LogP) is 4.32. The molecule has 0 bridgehead atoms. The van der Waals surface area contributed by atoms with Crippen LogP contribution in [0.4, 0.5) is 4.39 Å². The molecule has 1 atom stereocenters. The second-order valence-electron chi connectivity index (χ2n) is 4.53. The molecular weight excluding hydrogens is 282 g/mol. The Hall–Kier alpha value is -0.120. The first-order valence-electron chi connectivity index (χ1n) is 4.56. The van der Waals surface area contributed by atoms with E-state index in [1.807, 2.05) is 20.8 Å². The Bertz CT molecular complexity index is 374. The smallest absolute Gasteiger partial charge is 0.148 e. The Morgan fingerprint density at radius 3 is 2.40 bits per heavy atom. The molecular formula is C11H13BrClFO. The average molecular weight is 296 g/mol. The van der Waals surface area contributed by atoms with E-state index in [9.17, 15) is 9.50 Å². The molecule has 1 nitrogen and oxygen atoms in total. The zero-order valence-corrected chi connectivity index (χ0v) is 11.2. The van der Waals surface area contributed by atoms with Crippen molar-refractivity contribution in [3.8, 4) is 0 Å². The summed E-state index contributed by atoms with van der Waals surface area (Å²) in [6.45, 7) is 5.52.